The van der Waals surface area contributed by atoms with E-state index in [2.05, 4.69) is 18.7 Å². The molecule has 6 heteroatoms. The standard InChI is InChI=1S/C25H38N2O4/c1-5-8-15-26(16-9-6-2)17-10-18-27-23(22(19(4)28)24(29)25(27)30)20-11-13-21(14-12-20)31-7-3/h11-14,23,29H,5-10,15-18H2,1-4H3/t23-/m0/s1. The quantitative estimate of drug-likeness (QED) is 0.465. The molecular weight excluding hydrogens is 392 g/mol. The summed E-state index contributed by atoms with van der Waals surface area (Å²) < 4.78 is 5.51. The van der Waals surface area contributed by atoms with Gasteiger partial charge in [-0.25, -0.2) is 0 Å². The largest absolute Gasteiger partial charge is 0.503 e. The Labute approximate surface area is 186 Å². The summed E-state index contributed by atoms with van der Waals surface area (Å²) in [6, 6.07) is 6.86. The third-order valence-corrected chi connectivity index (χ3v) is 5.72. The molecule has 0 radical (unpaired) electrons. The highest BCUT2D eigenvalue weighted by Gasteiger charge is 2.42. The van der Waals surface area contributed by atoms with Gasteiger partial charge in [0, 0.05) is 6.54 Å². The minimum atomic E-state index is -0.555. The number of hydrogen-bond donors (Lipinski definition) is 1. The number of benzene rings is 1. The summed E-state index contributed by atoms with van der Waals surface area (Å²) in [6.07, 6.45) is 5.45. The van der Waals surface area contributed by atoms with Crippen molar-refractivity contribution in [2.24, 2.45) is 0 Å². The van der Waals surface area contributed by atoms with Crippen molar-refractivity contribution in [1.82, 2.24) is 9.80 Å². The van der Waals surface area contributed by atoms with E-state index in [9.17, 15) is 14.7 Å². The van der Waals surface area contributed by atoms with Gasteiger partial charge in [0.15, 0.2) is 11.5 Å². The molecule has 1 N–H and O–H groups in total. The number of carbonyl (C=O) groups is 2. The van der Waals surface area contributed by atoms with Crippen molar-refractivity contribution in [1.29, 1.82) is 0 Å². The predicted octanol–water partition coefficient (Wildman–Crippen LogP) is 4.66. The molecule has 0 saturated heterocycles. The molecule has 1 aliphatic heterocycles. The third kappa shape index (κ3) is 6.57. The van der Waals surface area contributed by atoms with Crippen LogP contribution in [0.15, 0.2) is 35.6 Å². The number of hydrogen-bond acceptors (Lipinski definition) is 5. The fraction of sp³-hybridized carbons (Fsp3) is 0.600. The minimum Gasteiger partial charge on any atom is -0.503 e. The minimum absolute atomic E-state index is 0.183. The summed E-state index contributed by atoms with van der Waals surface area (Å²) >= 11 is 0. The maximum atomic E-state index is 12.8. The molecule has 1 heterocycles. The van der Waals surface area contributed by atoms with Gasteiger partial charge in [0.05, 0.1) is 18.2 Å². The highest BCUT2D eigenvalue weighted by atomic mass is 16.5. The smallest absolute Gasteiger partial charge is 0.290 e. The molecule has 172 valence electrons. The first-order valence-electron chi connectivity index (χ1n) is 11.6. The molecule has 1 atom stereocenters. The van der Waals surface area contributed by atoms with Gasteiger partial charge in [-0.1, -0.05) is 38.8 Å². The Bertz CT molecular complexity index is 749. The van der Waals surface area contributed by atoms with Crippen LogP contribution in [-0.4, -0.2) is 59.4 Å². The van der Waals surface area contributed by atoms with Crippen LogP contribution in [-0.2, 0) is 9.59 Å². The fourth-order valence-electron chi connectivity index (χ4n) is 4.07. The molecule has 0 saturated carbocycles. The molecule has 1 aliphatic rings. The molecule has 31 heavy (non-hydrogen) atoms. The zero-order valence-electron chi connectivity index (χ0n) is 19.5. The second kappa shape index (κ2) is 12.5. The van der Waals surface area contributed by atoms with Crippen LogP contribution < -0.4 is 4.74 Å². The Kier molecular flexibility index (Phi) is 10.0. The number of rotatable bonds is 14. The van der Waals surface area contributed by atoms with Crippen molar-refractivity contribution in [3.8, 4) is 5.75 Å². The molecule has 1 aromatic rings. The number of aliphatic hydroxyl groups is 1. The lowest BCUT2D eigenvalue weighted by molar-refractivity contribution is -0.129. The van der Waals surface area contributed by atoms with E-state index in [0.29, 0.717) is 13.2 Å². The van der Waals surface area contributed by atoms with Crippen molar-refractivity contribution < 1.29 is 19.4 Å². The summed E-state index contributed by atoms with van der Waals surface area (Å²) in [7, 11) is 0. The molecule has 0 unspecified atom stereocenters. The molecule has 0 aromatic heterocycles. The van der Waals surface area contributed by atoms with Crippen molar-refractivity contribution in [3.05, 3.63) is 41.2 Å². The van der Waals surface area contributed by atoms with Gasteiger partial charge < -0.3 is 19.6 Å². The number of unbranched alkanes of at least 4 members (excludes halogenated alkanes) is 2. The van der Waals surface area contributed by atoms with E-state index >= 15 is 0 Å². The number of ketones is 1. The maximum absolute atomic E-state index is 12.8. The van der Waals surface area contributed by atoms with Gasteiger partial charge in [0.25, 0.3) is 5.91 Å². The van der Waals surface area contributed by atoms with Gasteiger partial charge in [0.1, 0.15) is 5.75 Å². The second-order valence-corrected chi connectivity index (χ2v) is 8.12. The van der Waals surface area contributed by atoms with E-state index in [1.54, 1.807) is 4.90 Å². The van der Waals surface area contributed by atoms with Crippen LogP contribution in [0, 0.1) is 0 Å². The molecular formula is C25H38N2O4. The number of aliphatic hydroxyl groups excluding tert-OH is 1. The highest BCUT2D eigenvalue weighted by molar-refractivity contribution is 6.08. The van der Waals surface area contributed by atoms with Gasteiger partial charge in [-0.15, -0.1) is 0 Å². The number of carbonyl (C=O) groups excluding carboxylic acids is 2. The molecule has 0 bridgehead atoms. The predicted molar refractivity (Wildman–Crippen MR) is 123 cm³/mol. The molecule has 0 fully saturated rings. The fourth-order valence-corrected chi connectivity index (χ4v) is 4.07. The van der Waals surface area contributed by atoms with Crippen molar-refractivity contribution >= 4 is 11.7 Å². The normalized spacial score (nSPS) is 16.5. The summed E-state index contributed by atoms with van der Waals surface area (Å²) in [5.41, 5.74) is 0.989. The van der Waals surface area contributed by atoms with Crippen LogP contribution in [0.3, 0.4) is 0 Å². The zero-order valence-corrected chi connectivity index (χ0v) is 19.5. The summed E-state index contributed by atoms with van der Waals surface area (Å²) in [5, 5.41) is 10.4. The molecule has 1 amide bonds. The van der Waals surface area contributed by atoms with Crippen LogP contribution in [0.25, 0.3) is 0 Å². The lowest BCUT2D eigenvalue weighted by Gasteiger charge is -2.28. The van der Waals surface area contributed by atoms with Crippen LogP contribution in [0.4, 0.5) is 0 Å². The first-order chi connectivity index (χ1) is 14.9. The average Bonchev–Trinajstić information content (AvgIpc) is 3.01. The Morgan fingerprint density at radius 2 is 1.61 bits per heavy atom. The van der Waals surface area contributed by atoms with E-state index in [-0.39, 0.29) is 11.4 Å². The van der Waals surface area contributed by atoms with Crippen molar-refractivity contribution in [2.45, 2.75) is 65.8 Å². The number of amides is 1. The molecule has 1 aromatic carbocycles. The zero-order chi connectivity index (χ0) is 22.8. The van der Waals surface area contributed by atoms with Gasteiger partial charge in [-0.05, 0) is 70.4 Å². The monoisotopic (exact) mass is 430 g/mol. The molecule has 2 rings (SSSR count). The summed E-state index contributed by atoms with van der Waals surface area (Å²) in [5.74, 6) is -0.417. The number of nitrogens with zero attached hydrogens (tertiary/aromatic N) is 2. The summed E-state index contributed by atoms with van der Waals surface area (Å²) in [4.78, 5) is 29.2. The average molecular weight is 431 g/mol. The molecule has 6 nitrogen and oxygen atoms in total. The Morgan fingerprint density at radius 3 is 2.13 bits per heavy atom. The summed E-state index contributed by atoms with van der Waals surface area (Å²) in [6.45, 7) is 11.8. The number of ether oxygens (including phenoxy) is 1. The highest BCUT2D eigenvalue weighted by Crippen LogP contribution is 2.38. The van der Waals surface area contributed by atoms with E-state index in [1.165, 1.54) is 6.92 Å². The Hall–Kier alpha value is -2.34. The van der Waals surface area contributed by atoms with Gasteiger partial charge in [-0.3, -0.25) is 9.59 Å². The second-order valence-electron chi connectivity index (χ2n) is 8.12. The molecule has 0 aliphatic carbocycles. The Balaban J connectivity index is 2.15. The number of Topliss-reactive ketones (excluding diaryl/α,β-unsaturated/α-hetero) is 1. The Morgan fingerprint density at radius 1 is 1.03 bits per heavy atom. The van der Waals surface area contributed by atoms with Gasteiger partial charge in [0.2, 0.25) is 0 Å². The SMILES string of the molecule is CCCCN(CCCC)CCCN1C(=O)C(O)=C(C(C)=O)[C@@H]1c1ccc(OCC)cc1. The van der Waals surface area contributed by atoms with E-state index < -0.39 is 17.7 Å². The first-order valence-corrected chi connectivity index (χ1v) is 11.6. The lowest BCUT2D eigenvalue weighted by atomic mass is 9.96. The van der Waals surface area contributed by atoms with Crippen molar-refractivity contribution in [3.63, 3.8) is 0 Å². The topological polar surface area (TPSA) is 70.1 Å². The van der Waals surface area contributed by atoms with Crippen molar-refractivity contribution in [2.75, 3.05) is 32.8 Å². The van der Waals surface area contributed by atoms with E-state index in [0.717, 1.165) is 63.1 Å². The van der Waals surface area contributed by atoms with Gasteiger partial charge in [-0.2, -0.15) is 0 Å². The lowest BCUT2D eigenvalue weighted by Crippen LogP contribution is -2.35. The van der Waals surface area contributed by atoms with E-state index in [1.807, 2.05) is 31.2 Å². The third-order valence-electron chi connectivity index (χ3n) is 5.72. The van der Waals surface area contributed by atoms with Gasteiger partial charge >= 0.3 is 0 Å². The first kappa shape index (κ1) is 24.9. The van der Waals surface area contributed by atoms with E-state index in [4.69, 9.17) is 4.74 Å². The van der Waals surface area contributed by atoms with Crippen LogP contribution in [0.5, 0.6) is 5.75 Å². The molecule has 0 spiro atoms. The maximum Gasteiger partial charge on any atom is 0.290 e. The van der Waals surface area contributed by atoms with Crippen LogP contribution in [0.1, 0.15) is 71.4 Å². The van der Waals surface area contributed by atoms with Crippen LogP contribution >= 0.6 is 0 Å². The van der Waals surface area contributed by atoms with Crippen LogP contribution in [0.2, 0.25) is 0 Å².